The Morgan fingerprint density at radius 1 is 1.31 bits per heavy atom. The van der Waals surface area contributed by atoms with Crippen molar-refractivity contribution in [2.45, 2.75) is 32.9 Å². The van der Waals surface area contributed by atoms with Gasteiger partial charge in [0, 0.05) is 19.6 Å². The molecule has 1 amide bonds. The summed E-state index contributed by atoms with van der Waals surface area (Å²) in [5.41, 5.74) is 0.737. The van der Waals surface area contributed by atoms with E-state index in [0.29, 0.717) is 12.5 Å². The van der Waals surface area contributed by atoms with Gasteiger partial charge in [0.1, 0.15) is 5.75 Å². The third kappa shape index (κ3) is 7.71. The van der Waals surface area contributed by atoms with Crippen molar-refractivity contribution >= 4 is 35.8 Å². The second-order valence-electron chi connectivity index (χ2n) is 5.66. The highest BCUT2D eigenvalue weighted by molar-refractivity contribution is 14.0. The van der Waals surface area contributed by atoms with E-state index in [9.17, 15) is 13.6 Å². The maximum Gasteiger partial charge on any atom is 0.387 e. The number of rotatable bonds is 7. The molecule has 1 aromatic rings. The van der Waals surface area contributed by atoms with Gasteiger partial charge in [0.25, 0.3) is 0 Å². The Bertz CT molecular complexity index is 596. The summed E-state index contributed by atoms with van der Waals surface area (Å²) in [4.78, 5) is 18.3. The summed E-state index contributed by atoms with van der Waals surface area (Å²) < 4.78 is 28.9. The molecule has 1 heterocycles. The van der Waals surface area contributed by atoms with Gasteiger partial charge in [-0.3, -0.25) is 4.79 Å². The second kappa shape index (κ2) is 11.9. The van der Waals surface area contributed by atoms with E-state index in [-0.39, 0.29) is 48.7 Å². The van der Waals surface area contributed by atoms with E-state index in [1.807, 2.05) is 11.8 Å². The van der Waals surface area contributed by atoms with E-state index in [2.05, 4.69) is 20.4 Å². The van der Waals surface area contributed by atoms with Gasteiger partial charge in [-0.05, 0) is 37.5 Å². The highest BCUT2D eigenvalue weighted by Gasteiger charge is 2.17. The standard InChI is InChI=1S/C17H24F2N4O2.HI/c1-2-20-17(22-12-15(24)23-8-3-4-9-23)21-11-13-6-5-7-14(10-13)25-16(18)19;/h5-7,10,16H,2-4,8-9,11-12H2,1H3,(H2,20,21,22);1H. The Labute approximate surface area is 169 Å². The maximum atomic E-state index is 12.3. The smallest absolute Gasteiger partial charge is 0.387 e. The van der Waals surface area contributed by atoms with Crippen LogP contribution in [0.2, 0.25) is 0 Å². The minimum atomic E-state index is -2.85. The molecule has 26 heavy (non-hydrogen) atoms. The first-order chi connectivity index (χ1) is 12.1. The minimum Gasteiger partial charge on any atom is -0.435 e. The Balaban J connectivity index is 0.00000338. The molecule has 0 spiro atoms. The van der Waals surface area contributed by atoms with Crippen molar-refractivity contribution in [1.29, 1.82) is 0 Å². The molecule has 9 heteroatoms. The van der Waals surface area contributed by atoms with Crippen molar-refractivity contribution in [2.75, 3.05) is 26.2 Å². The van der Waals surface area contributed by atoms with Crippen molar-refractivity contribution in [3.63, 3.8) is 0 Å². The lowest BCUT2D eigenvalue weighted by Gasteiger charge is -2.17. The number of alkyl halides is 2. The molecule has 0 saturated carbocycles. The molecule has 0 aromatic heterocycles. The van der Waals surface area contributed by atoms with Gasteiger partial charge in [-0.15, -0.1) is 24.0 Å². The zero-order valence-corrected chi connectivity index (χ0v) is 17.0. The summed E-state index contributed by atoms with van der Waals surface area (Å²) in [6.45, 7) is 1.81. The number of benzene rings is 1. The fraction of sp³-hybridized carbons (Fsp3) is 0.529. The van der Waals surface area contributed by atoms with Crippen LogP contribution < -0.4 is 15.4 Å². The summed E-state index contributed by atoms with van der Waals surface area (Å²) in [5, 5.41) is 6.07. The lowest BCUT2D eigenvalue weighted by atomic mass is 10.2. The lowest BCUT2D eigenvalue weighted by molar-refractivity contribution is -0.128. The molecule has 1 fully saturated rings. The van der Waals surface area contributed by atoms with Gasteiger partial charge >= 0.3 is 6.61 Å². The molecule has 2 rings (SSSR count). The van der Waals surface area contributed by atoms with Crippen LogP contribution in [0.25, 0.3) is 0 Å². The van der Waals surface area contributed by atoms with Gasteiger partial charge in [0.05, 0.1) is 13.1 Å². The number of likely N-dealkylation sites (tertiary alicyclic amines) is 1. The van der Waals surface area contributed by atoms with Crippen LogP contribution in [0.3, 0.4) is 0 Å². The van der Waals surface area contributed by atoms with Crippen LogP contribution in [0.5, 0.6) is 5.75 Å². The molecular formula is C17H25F2IN4O2. The van der Waals surface area contributed by atoms with Crippen molar-refractivity contribution in [1.82, 2.24) is 15.5 Å². The highest BCUT2D eigenvalue weighted by Crippen LogP contribution is 2.16. The largest absolute Gasteiger partial charge is 0.435 e. The first kappa shape index (κ1) is 22.4. The Hall–Kier alpha value is -1.65. The second-order valence-corrected chi connectivity index (χ2v) is 5.66. The molecule has 0 unspecified atom stereocenters. The number of carbonyl (C=O) groups is 1. The fourth-order valence-corrected chi connectivity index (χ4v) is 2.57. The summed E-state index contributed by atoms with van der Waals surface area (Å²) in [6, 6.07) is 6.41. The Morgan fingerprint density at radius 3 is 2.69 bits per heavy atom. The van der Waals surface area contributed by atoms with Gasteiger partial charge in [-0.1, -0.05) is 12.1 Å². The maximum absolute atomic E-state index is 12.3. The number of nitrogens with one attached hydrogen (secondary N) is 2. The number of nitrogens with zero attached hydrogens (tertiary/aromatic N) is 2. The summed E-state index contributed by atoms with van der Waals surface area (Å²) in [6.07, 6.45) is 2.11. The molecule has 1 aromatic carbocycles. The van der Waals surface area contributed by atoms with Crippen molar-refractivity contribution < 1.29 is 18.3 Å². The first-order valence-electron chi connectivity index (χ1n) is 8.42. The molecule has 0 atom stereocenters. The molecule has 1 saturated heterocycles. The summed E-state index contributed by atoms with van der Waals surface area (Å²) in [5.74, 6) is 0.663. The average molecular weight is 482 g/mol. The van der Waals surface area contributed by atoms with Crippen LogP contribution in [-0.2, 0) is 11.3 Å². The van der Waals surface area contributed by atoms with Crippen LogP contribution in [0, 0.1) is 0 Å². The molecule has 2 N–H and O–H groups in total. The Kier molecular flexibility index (Phi) is 10.2. The topological polar surface area (TPSA) is 66.0 Å². The van der Waals surface area contributed by atoms with Crippen molar-refractivity contribution in [3.8, 4) is 5.75 Å². The predicted molar refractivity (Wildman–Crippen MR) is 107 cm³/mol. The zero-order valence-electron chi connectivity index (χ0n) is 14.7. The van der Waals surface area contributed by atoms with E-state index in [0.717, 1.165) is 31.5 Å². The fourth-order valence-electron chi connectivity index (χ4n) is 2.57. The van der Waals surface area contributed by atoms with Gasteiger partial charge in [-0.2, -0.15) is 8.78 Å². The predicted octanol–water partition coefficient (Wildman–Crippen LogP) is 2.58. The lowest BCUT2D eigenvalue weighted by Crippen LogP contribution is -2.44. The van der Waals surface area contributed by atoms with E-state index in [1.165, 1.54) is 12.1 Å². The number of hydrogen-bond donors (Lipinski definition) is 2. The number of halogens is 3. The van der Waals surface area contributed by atoms with Gasteiger partial charge in [0.2, 0.25) is 5.91 Å². The van der Waals surface area contributed by atoms with E-state index >= 15 is 0 Å². The molecule has 0 aliphatic carbocycles. The van der Waals surface area contributed by atoms with Crippen LogP contribution in [0.15, 0.2) is 29.3 Å². The first-order valence-corrected chi connectivity index (χ1v) is 8.42. The van der Waals surface area contributed by atoms with Gasteiger partial charge in [-0.25, -0.2) is 4.99 Å². The van der Waals surface area contributed by atoms with Gasteiger partial charge in [0.15, 0.2) is 5.96 Å². The molecule has 0 radical (unpaired) electrons. The number of ether oxygens (including phenoxy) is 1. The van der Waals surface area contributed by atoms with Crippen LogP contribution in [-0.4, -0.2) is 49.6 Å². The zero-order chi connectivity index (χ0) is 18.1. The molecule has 1 aliphatic rings. The number of guanidine groups is 1. The Morgan fingerprint density at radius 2 is 2.04 bits per heavy atom. The minimum absolute atomic E-state index is 0. The van der Waals surface area contributed by atoms with E-state index in [1.54, 1.807) is 12.1 Å². The highest BCUT2D eigenvalue weighted by atomic mass is 127. The quantitative estimate of drug-likeness (QED) is 0.357. The average Bonchev–Trinajstić information content (AvgIpc) is 3.11. The van der Waals surface area contributed by atoms with Crippen molar-refractivity contribution in [2.24, 2.45) is 4.99 Å². The molecular weight excluding hydrogens is 457 g/mol. The van der Waals surface area contributed by atoms with Crippen LogP contribution in [0.1, 0.15) is 25.3 Å². The SMILES string of the molecule is CCNC(=NCc1cccc(OC(F)F)c1)NCC(=O)N1CCCC1.I. The van der Waals surface area contributed by atoms with Crippen molar-refractivity contribution in [3.05, 3.63) is 29.8 Å². The third-order valence-corrected chi connectivity index (χ3v) is 3.75. The normalized spacial score (nSPS) is 14.2. The van der Waals surface area contributed by atoms with Crippen LogP contribution in [0.4, 0.5) is 8.78 Å². The molecule has 146 valence electrons. The molecule has 1 aliphatic heterocycles. The summed E-state index contributed by atoms with van der Waals surface area (Å²) >= 11 is 0. The monoisotopic (exact) mass is 482 g/mol. The van der Waals surface area contributed by atoms with Crippen LogP contribution >= 0.6 is 24.0 Å². The summed E-state index contributed by atoms with van der Waals surface area (Å²) in [7, 11) is 0. The van der Waals surface area contributed by atoms with Gasteiger partial charge < -0.3 is 20.3 Å². The number of aliphatic imine (C=N–C) groups is 1. The number of amides is 1. The molecule has 0 bridgehead atoms. The number of carbonyl (C=O) groups excluding carboxylic acids is 1. The molecule has 6 nitrogen and oxygen atoms in total. The number of hydrogen-bond acceptors (Lipinski definition) is 3. The third-order valence-electron chi connectivity index (χ3n) is 3.75. The van der Waals surface area contributed by atoms with E-state index < -0.39 is 6.61 Å². The van der Waals surface area contributed by atoms with E-state index in [4.69, 9.17) is 0 Å².